The highest BCUT2D eigenvalue weighted by atomic mass is 15.1. The van der Waals surface area contributed by atoms with Crippen LogP contribution in [0.2, 0.25) is 0 Å². The molecule has 0 N–H and O–H groups in total. The molecule has 0 aliphatic rings. The molecular formula is C6H6N4. The molecule has 4 nitrogen and oxygen atoms in total. The molecule has 2 aromatic heterocycles. The summed E-state index contributed by atoms with van der Waals surface area (Å²) in [7, 11) is 1.93. The minimum atomic E-state index is 0.838. The van der Waals surface area contributed by atoms with Gasteiger partial charge in [0, 0.05) is 19.4 Å². The predicted octanol–water partition coefficient (Wildman–Crippen LogP) is 0.363. The van der Waals surface area contributed by atoms with Gasteiger partial charge in [-0.15, -0.1) is 10.2 Å². The molecule has 10 heavy (non-hydrogen) atoms. The summed E-state index contributed by atoms with van der Waals surface area (Å²) in [6.07, 6.45) is 5.24. The van der Waals surface area contributed by atoms with E-state index < -0.39 is 0 Å². The van der Waals surface area contributed by atoms with Gasteiger partial charge >= 0.3 is 0 Å². The van der Waals surface area contributed by atoms with Gasteiger partial charge in [0.1, 0.15) is 17.4 Å². The third-order valence-corrected chi connectivity index (χ3v) is 1.33. The minimum Gasteiger partial charge on any atom is -0.353 e. The molecule has 0 aliphatic carbocycles. The highest BCUT2D eigenvalue weighted by Gasteiger charge is 1.95. The average Bonchev–Trinajstić information content (AvgIpc) is 2.27. The van der Waals surface area contributed by atoms with E-state index in [4.69, 9.17) is 0 Å². The summed E-state index contributed by atoms with van der Waals surface area (Å²) in [5.41, 5.74) is 1.72. The maximum Gasteiger partial charge on any atom is 0.138 e. The number of aromatic nitrogens is 4. The van der Waals surface area contributed by atoms with Crippen LogP contribution in [0.3, 0.4) is 0 Å². The van der Waals surface area contributed by atoms with Gasteiger partial charge in [0.25, 0.3) is 0 Å². The van der Waals surface area contributed by atoms with Crippen molar-refractivity contribution in [3.63, 3.8) is 0 Å². The van der Waals surface area contributed by atoms with Crippen LogP contribution < -0.4 is 0 Å². The lowest BCUT2D eigenvalue weighted by molar-refractivity contribution is 0.930. The van der Waals surface area contributed by atoms with Gasteiger partial charge in [-0.25, -0.2) is 4.98 Å². The molecule has 0 spiro atoms. The first-order chi connectivity index (χ1) is 4.86. The number of fused-ring (bicyclic) bond motifs is 1. The molecule has 0 fully saturated rings. The van der Waals surface area contributed by atoms with Gasteiger partial charge in [0.05, 0.1) is 0 Å². The van der Waals surface area contributed by atoms with Crippen LogP contribution in [0.5, 0.6) is 0 Å². The summed E-state index contributed by atoms with van der Waals surface area (Å²) in [4.78, 5) is 4.01. The molecule has 50 valence electrons. The molecule has 0 aromatic carbocycles. The Bertz CT molecular complexity index is 318. The number of rotatable bonds is 0. The molecule has 0 saturated carbocycles. The van der Waals surface area contributed by atoms with Crippen LogP contribution in [0.25, 0.3) is 11.0 Å². The van der Waals surface area contributed by atoms with Gasteiger partial charge in [0.15, 0.2) is 0 Å². The normalized spacial score (nSPS) is 10.5. The first kappa shape index (κ1) is 5.34. The van der Waals surface area contributed by atoms with Crippen molar-refractivity contribution < 1.29 is 0 Å². The van der Waals surface area contributed by atoms with Crippen molar-refractivity contribution in [1.29, 1.82) is 0 Å². The SMILES string of the molecule is Cn1cc2ncnnc2c1. The fourth-order valence-electron chi connectivity index (χ4n) is 0.908. The molecule has 0 amide bonds. The topological polar surface area (TPSA) is 43.6 Å². The summed E-state index contributed by atoms with van der Waals surface area (Å²) in [5.74, 6) is 0. The molecule has 0 radical (unpaired) electrons. The van der Waals surface area contributed by atoms with Crippen molar-refractivity contribution in [2.45, 2.75) is 0 Å². The lowest BCUT2D eigenvalue weighted by Crippen LogP contribution is -1.80. The van der Waals surface area contributed by atoms with Crippen LogP contribution in [0.1, 0.15) is 0 Å². The van der Waals surface area contributed by atoms with Gasteiger partial charge in [0.2, 0.25) is 0 Å². The number of hydrogen-bond donors (Lipinski definition) is 0. The Labute approximate surface area is 57.5 Å². The third-order valence-electron chi connectivity index (χ3n) is 1.33. The maximum atomic E-state index is 4.01. The fourth-order valence-corrected chi connectivity index (χ4v) is 0.908. The smallest absolute Gasteiger partial charge is 0.138 e. The largest absolute Gasteiger partial charge is 0.353 e. The standard InChI is InChI=1S/C6H6N4/c1-10-2-5-6(3-10)9-8-4-7-5/h2-4H,1H3. The van der Waals surface area contributed by atoms with Crippen LogP contribution in [0, 0.1) is 0 Å². The predicted molar refractivity (Wildman–Crippen MR) is 36.3 cm³/mol. The molecular weight excluding hydrogens is 128 g/mol. The van der Waals surface area contributed by atoms with Crippen LogP contribution in [0.4, 0.5) is 0 Å². The zero-order valence-corrected chi connectivity index (χ0v) is 5.52. The summed E-state index contributed by atoms with van der Waals surface area (Å²) in [6.45, 7) is 0. The van der Waals surface area contributed by atoms with Crippen LogP contribution in [0.15, 0.2) is 18.7 Å². The quantitative estimate of drug-likeness (QED) is 0.522. The second kappa shape index (κ2) is 1.76. The van der Waals surface area contributed by atoms with E-state index in [2.05, 4.69) is 15.2 Å². The van der Waals surface area contributed by atoms with Crippen LogP contribution >= 0.6 is 0 Å². The molecule has 4 heteroatoms. The minimum absolute atomic E-state index is 0.838. The molecule has 0 aliphatic heterocycles. The van der Waals surface area contributed by atoms with Gasteiger partial charge < -0.3 is 4.57 Å². The maximum absolute atomic E-state index is 4.01. The fraction of sp³-hybridized carbons (Fsp3) is 0.167. The lowest BCUT2D eigenvalue weighted by atomic mass is 10.5. The van der Waals surface area contributed by atoms with Crippen molar-refractivity contribution >= 4 is 11.0 Å². The zero-order chi connectivity index (χ0) is 6.97. The van der Waals surface area contributed by atoms with Crippen LogP contribution in [-0.2, 0) is 7.05 Å². The second-order valence-electron chi connectivity index (χ2n) is 2.15. The summed E-state index contributed by atoms with van der Waals surface area (Å²) >= 11 is 0. The Balaban J connectivity index is 2.88. The summed E-state index contributed by atoms with van der Waals surface area (Å²) in [6, 6.07) is 0. The molecule has 0 saturated heterocycles. The van der Waals surface area contributed by atoms with Crippen molar-refractivity contribution in [2.75, 3.05) is 0 Å². The Kier molecular flexibility index (Phi) is 0.943. The van der Waals surface area contributed by atoms with Crippen molar-refractivity contribution in [2.24, 2.45) is 7.05 Å². The Morgan fingerprint density at radius 1 is 1.30 bits per heavy atom. The van der Waals surface area contributed by atoms with E-state index in [1.54, 1.807) is 0 Å². The van der Waals surface area contributed by atoms with Gasteiger partial charge in [-0.2, -0.15) is 0 Å². The number of aryl methyl sites for hydroxylation is 1. The van der Waals surface area contributed by atoms with E-state index in [1.807, 2.05) is 24.0 Å². The molecule has 2 aromatic rings. The average molecular weight is 134 g/mol. The first-order valence-electron chi connectivity index (χ1n) is 2.95. The summed E-state index contributed by atoms with van der Waals surface area (Å²) < 4.78 is 1.91. The molecule has 0 bridgehead atoms. The van der Waals surface area contributed by atoms with E-state index in [1.165, 1.54) is 6.33 Å². The Morgan fingerprint density at radius 3 is 2.90 bits per heavy atom. The molecule has 2 heterocycles. The van der Waals surface area contributed by atoms with E-state index in [0.717, 1.165) is 11.0 Å². The van der Waals surface area contributed by atoms with Gasteiger partial charge in [-0.1, -0.05) is 0 Å². The molecule has 0 atom stereocenters. The van der Waals surface area contributed by atoms with E-state index in [-0.39, 0.29) is 0 Å². The Morgan fingerprint density at radius 2 is 2.10 bits per heavy atom. The third kappa shape index (κ3) is 0.655. The molecule has 0 unspecified atom stereocenters. The monoisotopic (exact) mass is 134 g/mol. The van der Waals surface area contributed by atoms with Crippen molar-refractivity contribution in [3.8, 4) is 0 Å². The van der Waals surface area contributed by atoms with E-state index >= 15 is 0 Å². The Hall–Kier alpha value is -1.45. The van der Waals surface area contributed by atoms with Crippen LogP contribution in [-0.4, -0.2) is 19.7 Å². The first-order valence-corrected chi connectivity index (χ1v) is 2.95. The second-order valence-corrected chi connectivity index (χ2v) is 2.15. The highest BCUT2D eigenvalue weighted by molar-refractivity contribution is 5.72. The van der Waals surface area contributed by atoms with Gasteiger partial charge in [-0.05, 0) is 0 Å². The van der Waals surface area contributed by atoms with Gasteiger partial charge in [-0.3, -0.25) is 0 Å². The van der Waals surface area contributed by atoms with E-state index in [9.17, 15) is 0 Å². The highest BCUT2D eigenvalue weighted by Crippen LogP contribution is 2.04. The van der Waals surface area contributed by atoms with Crippen molar-refractivity contribution in [3.05, 3.63) is 18.7 Å². The molecule has 2 rings (SSSR count). The number of hydrogen-bond acceptors (Lipinski definition) is 3. The lowest BCUT2D eigenvalue weighted by Gasteiger charge is -1.79. The van der Waals surface area contributed by atoms with E-state index in [0.29, 0.717) is 0 Å². The zero-order valence-electron chi connectivity index (χ0n) is 5.52. The number of nitrogens with zero attached hydrogens (tertiary/aromatic N) is 4. The van der Waals surface area contributed by atoms with Crippen molar-refractivity contribution in [1.82, 2.24) is 19.7 Å². The summed E-state index contributed by atoms with van der Waals surface area (Å²) in [5, 5.41) is 7.52.